The van der Waals surface area contributed by atoms with E-state index in [2.05, 4.69) is 253 Å². The maximum Gasteiger partial charge on any atom is 0.254 e. The summed E-state index contributed by atoms with van der Waals surface area (Å²) in [6.07, 6.45) is 0. The SMILES string of the molecule is COc1cc(C(C)(C)C)c2op(-c3c(-c4ccccc4)cc4ccccc4c3-c3c(-p4oc5c(C(C)(C)C)cc(OC)cc5c5cc(OC)cc(C(C)(C)C)c5o4)c(-c4ccccc4)cc4ccccc34)oc3c(C(C)(C)C)cc(OC)cc3c2c1. The lowest BCUT2D eigenvalue weighted by Crippen LogP contribution is -2.12. The minimum Gasteiger partial charge on any atom is -0.497 e. The van der Waals surface area contributed by atoms with Gasteiger partial charge in [-0.25, -0.2) is 0 Å². The van der Waals surface area contributed by atoms with Crippen LogP contribution in [0.1, 0.15) is 105 Å². The molecule has 0 aliphatic rings. The highest BCUT2D eigenvalue weighted by molar-refractivity contribution is 7.47. The normalized spacial score (nSPS) is 12.4. The molecule has 2 heterocycles. The molecule has 0 amide bonds. The summed E-state index contributed by atoms with van der Waals surface area (Å²) in [4.78, 5) is 0. The van der Waals surface area contributed by atoms with Gasteiger partial charge in [-0.15, -0.1) is 0 Å². The second-order valence-corrected chi connectivity index (χ2v) is 29.2. The molecule has 86 heavy (non-hydrogen) atoms. The van der Waals surface area contributed by atoms with E-state index in [0.717, 1.165) is 155 Å². The molecule has 0 N–H and O–H groups in total. The standard InChI is InChI=1S/C76H76O8P2/c1-73(2,3)61-41-49(77-13)37-57-58-38-50(78-14)42-62(74(4,5)6)68(58)82-85(81-67(57)61)71-55(45-27-19-17-20-28-45)35-47-31-23-25-33-53(47)65(71)66-54-34-26-24-32-48(54)36-56(46-29-21-18-22-30-46)72(66)86-83-69-59(39-51(79-15)43-63(69)75(7,8)9)60-40-52(80-16)44-64(70(60)84-86)76(10,11)12/h17-44H,1-16H3. The van der Waals surface area contributed by atoms with Crippen LogP contribution in [0.3, 0.4) is 0 Å². The molecule has 0 unspecified atom stereocenters. The van der Waals surface area contributed by atoms with E-state index >= 15 is 0 Å². The molecular weight excluding hydrogens is 1100 g/mol. The van der Waals surface area contributed by atoms with Gasteiger partial charge in [-0.1, -0.05) is 192 Å². The van der Waals surface area contributed by atoms with Crippen molar-refractivity contribution in [3.63, 3.8) is 0 Å². The van der Waals surface area contributed by atoms with E-state index in [1.807, 2.05) is 0 Å². The van der Waals surface area contributed by atoms with Gasteiger partial charge >= 0.3 is 0 Å². The van der Waals surface area contributed by atoms with Gasteiger partial charge in [0.05, 0.1) is 39.0 Å². The third-order valence-corrected chi connectivity index (χ3v) is 19.6. The van der Waals surface area contributed by atoms with E-state index in [0.29, 0.717) is 0 Å². The van der Waals surface area contributed by atoms with E-state index in [4.69, 9.17) is 35.7 Å². The molecule has 0 fully saturated rings. The average Bonchev–Trinajstić information content (AvgIpc) is 1.21. The van der Waals surface area contributed by atoms with E-state index in [1.54, 1.807) is 28.4 Å². The lowest BCUT2D eigenvalue weighted by Gasteiger charge is -2.23. The van der Waals surface area contributed by atoms with Gasteiger partial charge in [0.15, 0.2) is 0 Å². The first-order valence-electron chi connectivity index (χ1n) is 29.4. The zero-order chi connectivity index (χ0) is 60.8. The summed E-state index contributed by atoms with van der Waals surface area (Å²) < 4.78 is 56.8. The van der Waals surface area contributed by atoms with E-state index in [1.165, 1.54) is 0 Å². The number of methoxy groups -OCH3 is 4. The predicted molar refractivity (Wildman–Crippen MR) is 361 cm³/mol. The Balaban J connectivity index is 1.42. The number of ether oxygens (including phenoxy) is 4. The minimum absolute atomic E-state index is 0.410. The molecule has 0 saturated carbocycles. The zero-order valence-electron chi connectivity index (χ0n) is 52.3. The van der Waals surface area contributed by atoms with Crippen molar-refractivity contribution in [2.75, 3.05) is 28.4 Å². The topological polar surface area (TPSA) is 89.5 Å². The fourth-order valence-corrected chi connectivity index (χ4v) is 15.6. The first-order valence-corrected chi connectivity index (χ1v) is 31.8. The maximum absolute atomic E-state index is 8.04. The highest BCUT2D eigenvalue weighted by Gasteiger charge is 2.34. The molecule has 12 rings (SSSR count). The third-order valence-electron chi connectivity index (χ3n) is 16.5. The van der Waals surface area contributed by atoms with Crippen LogP contribution < -0.4 is 18.9 Å². The highest BCUT2D eigenvalue weighted by atomic mass is 31.1. The van der Waals surface area contributed by atoms with Gasteiger partial charge in [-0.2, -0.15) is 0 Å². The number of fused-ring (bicyclic) bond motifs is 8. The first-order chi connectivity index (χ1) is 41.0. The van der Waals surface area contributed by atoms with Crippen molar-refractivity contribution in [2.45, 2.75) is 105 Å². The molecule has 0 radical (unpaired) electrons. The minimum atomic E-state index is -2.16. The number of benzene rings is 10. The van der Waals surface area contributed by atoms with E-state index in [9.17, 15) is 0 Å². The fourth-order valence-electron chi connectivity index (χ4n) is 12.1. The van der Waals surface area contributed by atoms with Crippen LogP contribution in [0.15, 0.2) is 187 Å². The van der Waals surface area contributed by atoms with Gasteiger partial charge in [0.25, 0.3) is 16.0 Å². The Kier molecular flexibility index (Phi) is 14.8. The van der Waals surface area contributed by atoms with Crippen LogP contribution in [0.4, 0.5) is 0 Å². The molecule has 0 aliphatic carbocycles. The molecule has 12 aromatic rings. The largest absolute Gasteiger partial charge is 0.497 e. The average molecular weight is 1180 g/mol. The highest BCUT2D eigenvalue weighted by Crippen LogP contribution is 2.62. The molecular formula is C76H76O8P2. The number of hydrogen-bond acceptors (Lipinski definition) is 8. The lowest BCUT2D eigenvalue weighted by molar-refractivity contribution is 0.413. The van der Waals surface area contributed by atoms with Crippen molar-refractivity contribution >= 4 is 81.4 Å². The molecule has 10 aromatic carbocycles. The molecule has 8 nitrogen and oxygen atoms in total. The van der Waals surface area contributed by atoms with Crippen LogP contribution in [-0.2, 0) is 21.7 Å². The molecule has 0 spiro atoms. The summed E-state index contributed by atoms with van der Waals surface area (Å²) in [5.74, 6) is 2.87. The van der Waals surface area contributed by atoms with Crippen LogP contribution >= 0.6 is 16.0 Å². The molecule has 0 saturated heterocycles. The van der Waals surface area contributed by atoms with Gasteiger partial charge < -0.3 is 35.7 Å². The number of hydrogen-bond donors (Lipinski definition) is 0. The third kappa shape index (κ3) is 10.4. The quantitative estimate of drug-likeness (QED) is 0.141. The van der Waals surface area contributed by atoms with Crippen molar-refractivity contribution in [1.29, 1.82) is 0 Å². The molecule has 0 bridgehead atoms. The fraction of sp³-hybridized carbons (Fsp3) is 0.263. The molecule has 2 aromatic heterocycles. The van der Waals surface area contributed by atoms with Crippen LogP contribution in [-0.4, -0.2) is 28.4 Å². The van der Waals surface area contributed by atoms with Crippen molar-refractivity contribution in [1.82, 2.24) is 0 Å². The number of rotatable bonds is 9. The summed E-state index contributed by atoms with van der Waals surface area (Å²) in [6.45, 7) is 26.7. The Hall–Kier alpha value is -8.28. The maximum atomic E-state index is 8.04. The van der Waals surface area contributed by atoms with Crippen LogP contribution in [0, 0.1) is 0 Å². The van der Waals surface area contributed by atoms with Gasteiger partial charge in [-0.05, 0) is 115 Å². The van der Waals surface area contributed by atoms with Crippen LogP contribution in [0.25, 0.3) is 109 Å². The Morgan fingerprint density at radius 3 is 0.802 bits per heavy atom. The van der Waals surface area contributed by atoms with Gasteiger partial charge in [0.1, 0.15) is 45.3 Å². The molecule has 10 heteroatoms. The van der Waals surface area contributed by atoms with E-state index in [-0.39, 0.29) is 0 Å². The van der Waals surface area contributed by atoms with Gasteiger partial charge in [-0.3, -0.25) is 0 Å². The monoisotopic (exact) mass is 1180 g/mol. The first kappa shape index (κ1) is 58.1. The molecule has 0 aliphatic heterocycles. The summed E-state index contributed by atoms with van der Waals surface area (Å²) >= 11 is 0. The second-order valence-electron chi connectivity index (χ2n) is 26.6. The molecule has 0 atom stereocenters. The Morgan fingerprint density at radius 1 is 0.291 bits per heavy atom. The van der Waals surface area contributed by atoms with Crippen molar-refractivity contribution in [3.05, 3.63) is 192 Å². The van der Waals surface area contributed by atoms with Crippen LogP contribution in [0.5, 0.6) is 23.0 Å². The van der Waals surface area contributed by atoms with Gasteiger partial charge in [0.2, 0.25) is 0 Å². The van der Waals surface area contributed by atoms with Gasteiger partial charge in [0, 0.05) is 66.1 Å². The lowest BCUT2D eigenvalue weighted by atomic mass is 9.84. The second kappa shape index (κ2) is 21.9. The summed E-state index contributed by atoms with van der Waals surface area (Å²) in [7, 11) is 2.58. The van der Waals surface area contributed by atoms with E-state index < -0.39 is 37.7 Å². The molecule has 438 valence electrons. The summed E-state index contributed by atoms with van der Waals surface area (Å²) in [6, 6.07) is 60.4. The Morgan fingerprint density at radius 2 is 0.547 bits per heavy atom. The smallest absolute Gasteiger partial charge is 0.254 e. The Bertz CT molecular complexity index is 4250. The van der Waals surface area contributed by atoms with Crippen molar-refractivity contribution < 1.29 is 35.7 Å². The predicted octanol–water partition coefficient (Wildman–Crippen LogP) is 23.4. The summed E-state index contributed by atoms with van der Waals surface area (Å²) in [5.41, 5.74) is 11.1. The Labute approximate surface area is 506 Å². The summed E-state index contributed by atoms with van der Waals surface area (Å²) in [5, 5.41) is 9.36. The van der Waals surface area contributed by atoms with Crippen molar-refractivity contribution in [3.8, 4) is 67.0 Å². The zero-order valence-corrected chi connectivity index (χ0v) is 54.1. The van der Waals surface area contributed by atoms with Crippen LogP contribution in [0.2, 0.25) is 0 Å². The van der Waals surface area contributed by atoms with Crippen molar-refractivity contribution in [2.24, 2.45) is 0 Å².